The highest BCUT2D eigenvalue weighted by molar-refractivity contribution is 5.94. The quantitative estimate of drug-likeness (QED) is 0.679. The van der Waals surface area contributed by atoms with Gasteiger partial charge in [-0.1, -0.05) is 17.3 Å². The van der Waals surface area contributed by atoms with Gasteiger partial charge in [0.2, 0.25) is 0 Å². The van der Waals surface area contributed by atoms with E-state index in [4.69, 9.17) is 0 Å². The summed E-state index contributed by atoms with van der Waals surface area (Å²) in [6.07, 6.45) is -3.23. The zero-order valence-corrected chi connectivity index (χ0v) is 12.2. The van der Waals surface area contributed by atoms with Crippen LogP contribution < -0.4 is 0 Å². The molecule has 0 bridgehead atoms. The van der Waals surface area contributed by atoms with Crippen molar-refractivity contribution in [2.45, 2.75) is 20.0 Å². The Kier molecular flexibility index (Phi) is 3.39. The third-order valence-electron chi connectivity index (χ3n) is 3.51. The molecule has 5 nitrogen and oxygen atoms in total. The zero-order valence-electron chi connectivity index (χ0n) is 12.2. The molecule has 0 unspecified atom stereocenters. The molecule has 0 aliphatic carbocycles. The number of rotatable bonds is 2. The van der Waals surface area contributed by atoms with Gasteiger partial charge < -0.3 is 0 Å². The molecular weight excluding hydrogens is 309 g/mol. The largest absolute Gasteiger partial charge is 0.418 e. The first-order chi connectivity index (χ1) is 10.8. The minimum Gasteiger partial charge on any atom is -0.293 e. The number of benzene rings is 1. The monoisotopic (exact) mass is 320 g/mol. The van der Waals surface area contributed by atoms with Gasteiger partial charge in [-0.3, -0.25) is 9.78 Å². The summed E-state index contributed by atoms with van der Waals surface area (Å²) in [7, 11) is 0. The smallest absolute Gasteiger partial charge is 0.293 e. The maximum absolute atomic E-state index is 13.1. The van der Waals surface area contributed by atoms with E-state index in [1.54, 1.807) is 6.92 Å². The van der Waals surface area contributed by atoms with Gasteiger partial charge in [0.15, 0.2) is 11.5 Å². The third kappa shape index (κ3) is 2.45. The van der Waals surface area contributed by atoms with E-state index < -0.39 is 11.7 Å². The van der Waals surface area contributed by atoms with Crippen molar-refractivity contribution in [3.05, 3.63) is 47.4 Å². The maximum Gasteiger partial charge on any atom is 0.418 e. The van der Waals surface area contributed by atoms with Crippen molar-refractivity contribution >= 4 is 16.7 Å². The number of carbonyl (C=O) groups is 1. The van der Waals surface area contributed by atoms with E-state index in [1.807, 2.05) is 0 Å². The van der Waals surface area contributed by atoms with Crippen molar-refractivity contribution in [3.63, 3.8) is 0 Å². The number of halogens is 3. The van der Waals surface area contributed by atoms with E-state index >= 15 is 0 Å². The summed E-state index contributed by atoms with van der Waals surface area (Å²) in [5.74, 6) is -0.261. The Morgan fingerprint density at radius 1 is 1.22 bits per heavy atom. The van der Waals surface area contributed by atoms with Crippen LogP contribution >= 0.6 is 0 Å². The minimum atomic E-state index is -4.51. The molecule has 3 aromatic rings. The number of hydrogen-bond acceptors (Lipinski definition) is 4. The van der Waals surface area contributed by atoms with Crippen molar-refractivity contribution in [2.24, 2.45) is 0 Å². The van der Waals surface area contributed by atoms with Gasteiger partial charge in [-0.15, -0.1) is 5.10 Å². The molecule has 1 aromatic carbocycles. The molecule has 0 radical (unpaired) electrons. The van der Waals surface area contributed by atoms with Gasteiger partial charge in [-0.2, -0.15) is 13.2 Å². The van der Waals surface area contributed by atoms with Gasteiger partial charge in [-0.05, 0) is 19.1 Å². The van der Waals surface area contributed by atoms with E-state index in [9.17, 15) is 18.0 Å². The average molecular weight is 320 g/mol. The highest BCUT2D eigenvalue weighted by Gasteiger charge is 2.33. The molecule has 8 heteroatoms. The van der Waals surface area contributed by atoms with Crippen LogP contribution in [-0.4, -0.2) is 25.8 Å². The van der Waals surface area contributed by atoms with Crippen LogP contribution in [0.1, 0.15) is 28.7 Å². The number of hydrogen-bond donors (Lipinski definition) is 0. The van der Waals surface area contributed by atoms with Gasteiger partial charge in [0.1, 0.15) is 0 Å². The van der Waals surface area contributed by atoms with E-state index in [-0.39, 0.29) is 22.4 Å². The van der Waals surface area contributed by atoms with Gasteiger partial charge in [0.05, 0.1) is 22.5 Å². The SMILES string of the molecule is CC(=O)c1nnn(-c2ccnc3c(C(F)(F)F)cccc23)c1C. The van der Waals surface area contributed by atoms with Crippen LogP contribution in [0.3, 0.4) is 0 Å². The van der Waals surface area contributed by atoms with Crippen LogP contribution in [0.15, 0.2) is 30.5 Å². The Labute approximate surface area is 128 Å². The van der Waals surface area contributed by atoms with Crippen LogP contribution in [0.2, 0.25) is 0 Å². The Hall–Kier alpha value is -2.77. The van der Waals surface area contributed by atoms with Crippen molar-refractivity contribution < 1.29 is 18.0 Å². The molecule has 0 N–H and O–H groups in total. The number of Topliss-reactive ketones (excluding diaryl/α,β-unsaturated/α-hetero) is 1. The lowest BCUT2D eigenvalue weighted by Crippen LogP contribution is -2.08. The second-order valence-electron chi connectivity index (χ2n) is 5.02. The van der Waals surface area contributed by atoms with E-state index in [1.165, 1.54) is 36.0 Å². The van der Waals surface area contributed by atoms with Crippen LogP contribution in [0.4, 0.5) is 13.2 Å². The molecular formula is C15H11F3N4O. The van der Waals surface area contributed by atoms with Crippen molar-refractivity contribution in [1.29, 1.82) is 0 Å². The zero-order chi connectivity index (χ0) is 16.8. The van der Waals surface area contributed by atoms with Crippen molar-refractivity contribution in [2.75, 3.05) is 0 Å². The fourth-order valence-electron chi connectivity index (χ4n) is 2.46. The Morgan fingerprint density at radius 2 is 1.96 bits per heavy atom. The molecule has 2 heterocycles. The van der Waals surface area contributed by atoms with E-state index in [2.05, 4.69) is 15.3 Å². The van der Waals surface area contributed by atoms with Gasteiger partial charge in [-0.25, -0.2) is 4.68 Å². The fraction of sp³-hybridized carbons (Fsp3) is 0.200. The number of carbonyl (C=O) groups excluding carboxylic acids is 1. The summed E-state index contributed by atoms with van der Waals surface area (Å²) >= 11 is 0. The fourth-order valence-corrected chi connectivity index (χ4v) is 2.46. The predicted octanol–water partition coefficient (Wildman–Crippen LogP) is 3.35. The van der Waals surface area contributed by atoms with E-state index in [0.29, 0.717) is 11.4 Å². The molecule has 23 heavy (non-hydrogen) atoms. The Balaban J connectivity index is 2.30. The molecule has 0 saturated carbocycles. The summed E-state index contributed by atoms with van der Waals surface area (Å²) in [4.78, 5) is 15.3. The first-order valence-electron chi connectivity index (χ1n) is 6.69. The molecule has 0 saturated heterocycles. The van der Waals surface area contributed by atoms with Gasteiger partial charge >= 0.3 is 6.18 Å². The van der Waals surface area contributed by atoms with Crippen LogP contribution in [0.5, 0.6) is 0 Å². The van der Waals surface area contributed by atoms with Crippen molar-refractivity contribution in [1.82, 2.24) is 20.0 Å². The van der Waals surface area contributed by atoms with Gasteiger partial charge in [0.25, 0.3) is 0 Å². The number of fused-ring (bicyclic) bond motifs is 1. The summed E-state index contributed by atoms with van der Waals surface area (Å²) in [6.45, 7) is 2.99. The van der Waals surface area contributed by atoms with Crippen LogP contribution in [-0.2, 0) is 6.18 Å². The Morgan fingerprint density at radius 3 is 2.57 bits per heavy atom. The number of aromatic nitrogens is 4. The highest BCUT2D eigenvalue weighted by Crippen LogP contribution is 2.35. The molecule has 0 spiro atoms. The van der Waals surface area contributed by atoms with Crippen molar-refractivity contribution in [3.8, 4) is 5.69 Å². The maximum atomic E-state index is 13.1. The predicted molar refractivity (Wildman–Crippen MR) is 76.4 cm³/mol. The number of ketones is 1. The van der Waals surface area contributed by atoms with Gasteiger partial charge in [0, 0.05) is 18.5 Å². The number of pyridine rings is 1. The summed E-state index contributed by atoms with van der Waals surface area (Å²) in [5.41, 5.74) is 0.0427. The molecule has 0 aliphatic rings. The van der Waals surface area contributed by atoms with Crippen LogP contribution in [0.25, 0.3) is 16.6 Å². The number of alkyl halides is 3. The lowest BCUT2D eigenvalue weighted by Gasteiger charge is -2.12. The lowest BCUT2D eigenvalue weighted by atomic mass is 10.1. The Bertz CT molecular complexity index is 915. The van der Waals surface area contributed by atoms with Crippen LogP contribution in [0, 0.1) is 6.92 Å². The second kappa shape index (κ2) is 5.15. The molecule has 2 aromatic heterocycles. The number of para-hydroxylation sites is 1. The molecule has 0 amide bonds. The molecule has 0 fully saturated rings. The number of nitrogens with zero attached hydrogens (tertiary/aromatic N) is 4. The standard InChI is InChI=1S/C15H11F3N4O/c1-8-13(9(2)23)20-21-22(8)12-6-7-19-14-10(12)4-3-5-11(14)15(16,17)18/h3-7H,1-2H3. The minimum absolute atomic E-state index is 0.170. The molecule has 0 aliphatic heterocycles. The lowest BCUT2D eigenvalue weighted by molar-refractivity contribution is -0.136. The average Bonchev–Trinajstić information content (AvgIpc) is 2.86. The normalized spacial score (nSPS) is 11.9. The molecule has 118 valence electrons. The second-order valence-corrected chi connectivity index (χ2v) is 5.02. The molecule has 0 atom stereocenters. The third-order valence-corrected chi connectivity index (χ3v) is 3.51. The summed E-state index contributed by atoms with van der Waals surface area (Å²) < 4.78 is 40.7. The molecule has 3 rings (SSSR count). The topological polar surface area (TPSA) is 60.7 Å². The van der Waals surface area contributed by atoms with E-state index in [0.717, 1.165) is 6.07 Å². The summed E-state index contributed by atoms with van der Waals surface area (Å²) in [5, 5.41) is 7.96. The first kappa shape index (κ1) is 15.1. The highest BCUT2D eigenvalue weighted by atomic mass is 19.4. The first-order valence-corrected chi connectivity index (χ1v) is 6.69. The summed E-state index contributed by atoms with van der Waals surface area (Å²) in [6, 6.07) is 5.36.